The van der Waals surface area contributed by atoms with Crippen molar-refractivity contribution in [1.29, 1.82) is 0 Å². The molecule has 2 nitrogen and oxygen atoms in total. The van der Waals surface area contributed by atoms with Crippen LogP contribution in [0.3, 0.4) is 0 Å². The van der Waals surface area contributed by atoms with Gasteiger partial charge in [0.1, 0.15) is 12.4 Å². The maximum Gasteiger partial charge on any atom is 0.123 e. The molecular formula is C20H21NO. The smallest absolute Gasteiger partial charge is 0.123 e. The molecule has 0 aliphatic rings. The maximum absolute atomic E-state index is 6.09. The molecule has 3 aromatic carbocycles. The summed E-state index contributed by atoms with van der Waals surface area (Å²) in [5.74, 6) is 0.969. The third-order valence-corrected chi connectivity index (χ3v) is 3.87. The maximum atomic E-state index is 6.09. The number of hydrogen-bond donors (Lipinski definition) is 1. The summed E-state index contributed by atoms with van der Waals surface area (Å²) in [4.78, 5) is 0. The van der Waals surface area contributed by atoms with Crippen molar-refractivity contribution < 1.29 is 4.74 Å². The number of fused-ring (bicyclic) bond motifs is 1. The fourth-order valence-corrected chi connectivity index (χ4v) is 2.72. The molecule has 0 aliphatic heterocycles. The van der Waals surface area contributed by atoms with Gasteiger partial charge in [0.15, 0.2) is 0 Å². The summed E-state index contributed by atoms with van der Waals surface area (Å²) in [5, 5.41) is 2.52. The lowest BCUT2D eigenvalue weighted by Gasteiger charge is -2.14. The Bertz CT molecular complexity index is 737. The van der Waals surface area contributed by atoms with Gasteiger partial charge in [-0.1, -0.05) is 60.7 Å². The molecule has 0 aromatic heterocycles. The molecule has 3 aromatic rings. The van der Waals surface area contributed by atoms with Gasteiger partial charge in [-0.15, -0.1) is 0 Å². The summed E-state index contributed by atoms with van der Waals surface area (Å²) in [5.41, 5.74) is 8.14. The van der Waals surface area contributed by atoms with Crippen molar-refractivity contribution in [2.75, 3.05) is 6.54 Å². The second-order valence-corrected chi connectivity index (χ2v) is 5.43. The van der Waals surface area contributed by atoms with E-state index in [9.17, 15) is 0 Å². The van der Waals surface area contributed by atoms with Gasteiger partial charge in [-0.25, -0.2) is 0 Å². The molecule has 0 bridgehead atoms. The molecule has 0 spiro atoms. The zero-order chi connectivity index (χ0) is 15.2. The molecule has 0 atom stereocenters. The monoisotopic (exact) mass is 291 g/mol. The van der Waals surface area contributed by atoms with Gasteiger partial charge in [0.05, 0.1) is 0 Å². The van der Waals surface area contributed by atoms with Crippen LogP contribution in [0.4, 0.5) is 0 Å². The van der Waals surface area contributed by atoms with Crippen LogP contribution in [-0.4, -0.2) is 6.54 Å². The second-order valence-electron chi connectivity index (χ2n) is 5.43. The van der Waals surface area contributed by atoms with E-state index in [1.165, 1.54) is 21.9 Å². The minimum Gasteiger partial charge on any atom is -0.489 e. The third kappa shape index (κ3) is 3.29. The molecule has 0 unspecified atom stereocenters. The first-order valence-electron chi connectivity index (χ1n) is 7.76. The Balaban J connectivity index is 1.90. The lowest BCUT2D eigenvalue weighted by molar-refractivity contribution is 0.303. The minimum atomic E-state index is 0.592. The Morgan fingerprint density at radius 3 is 2.41 bits per heavy atom. The van der Waals surface area contributed by atoms with Gasteiger partial charge in [-0.3, -0.25) is 0 Å². The van der Waals surface area contributed by atoms with Crippen LogP contribution in [0.15, 0.2) is 66.7 Å². The highest BCUT2D eigenvalue weighted by molar-refractivity contribution is 5.87. The SMILES string of the molecule is NCCCc1c(OCc2ccccc2)ccc2ccccc12. The molecular weight excluding hydrogens is 270 g/mol. The van der Waals surface area contributed by atoms with Crippen LogP contribution in [0.25, 0.3) is 10.8 Å². The summed E-state index contributed by atoms with van der Waals surface area (Å²) < 4.78 is 6.09. The highest BCUT2D eigenvalue weighted by Gasteiger charge is 2.08. The summed E-state index contributed by atoms with van der Waals surface area (Å²) in [6.45, 7) is 1.29. The van der Waals surface area contributed by atoms with Gasteiger partial charge in [-0.2, -0.15) is 0 Å². The van der Waals surface area contributed by atoms with Crippen molar-refractivity contribution in [3.8, 4) is 5.75 Å². The van der Waals surface area contributed by atoms with E-state index in [2.05, 4.69) is 48.5 Å². The average Bonchev–Trinajstić information content (AvgIpc) is 2.59. The van der Waals surface area contributed by atoms with Crippen LogP contribution in [0.5, 0.6) is 5.75 Å². The number of hydrogen-bond acceptors (Lipinski definition) is 2. The Morgan fingerprint density at radius 1 is 0.818 bits per heavy atom. The molecule has 112 valence electrons. The first kappa shape index (κ1) is 14.6. The Morgan fingerprint density at radius 2 is 1.59 bits per heavy atom. The van der Waals surface area contributed by atoms with Crippen molar-refractivity contribution in [2.45, 2.75) is 19.4 Å². The summed E-state index contributed by atoms with van der Waals surface area (Å²) in [7, 11) is 0. The van der Waals surface area contributed by atoms with E-state index in [0.29, 0.717) is 13.2 Å². The van der Waals surface area contributed by atoms with Gasteiger partial charge >= 0.3 is 0 Å². The Labute approximate surface area is 131 Å². The van der Waals surface area contributed by atoms with E-state index >= 15 is 0 Å². The molecule has 22 heavy (non-hydrogen) atoms. The Hall–Kier alpha value is -2.32. The zero-order valence-corrected chi connectivity index (χ0v) is 12.7. The van der Waals surface area contributed by atoms with Gasteiger partial charge in [0, 0.05) is 5.56 Å². The summed E-state index contributed by atoms with van der Waals surface area (Å²) >= 11 is 0. The molecule has 0 radical (unpaired) electrons. The van der Waals surface area contributed by atoms with Crippen molar-refractivity contribution >= 4 is 10.8 Å². The van der Waals surface area contributed by atoms with E-state index in [1.807, 2.05) is 18.2 Å². The highest BCUT2D eigenvalue weighted by Crippen LogP contribution is 2.29. The van der Waals surface area contributed by atoms with Gasteiger partial charge in [0.2, 0.25) is 0 Å². The van der Waals surface area contributed by atoms with Gasteiger partial charge in [0.25, 0.3) is 0 Å². The van der Waals surface area contributed by atoms with Crippen LogP contribution >= 0.6 is 0 Å². The highest BCUT2D eigenvalue weighted by atomic mass is 16.5. The summed E-state index contributed by atoms with van der Waals surface area (Å²) in [6, 6.07) is 22.9. The van der Waals surface area contributed by atoms with Crippen molar-refractivity contribution in [3.63, 3.8) is 0 Å². The van der Waals surface area contributed by atoms with E-state index in [4.69, 9.17) is 10.5 Å². The molecule has 2 heteroatoms. The lowest BCUT2D eigenvalue weighted by Crippen LogP contribution is -2.03. The Kier molecular flexibility index (Phi) is 4.71. The van der Waals surface area contributed by atoms with E-state index in [0.717, 1.165) is 18.6 Å². The van der Waals surface area contributed by atoms with Crippen molar-refractivity contribution in [3.05, 3.63) is 77.9 Å². The molecule has 0 heterocycles. The quantitative estimate of drug-likeness (QED) is 0.734. The van der Waals surface area contributed by atoms with Crippen LogP contribution in [0.1, 0.15) is 17.5 Å². The van der Waals surface area contributed by atoms with Crippen LogP contribution in [0, 0.1) is 0 Å². The molecule has 3 rings (SSSR count). The molecule has 0 amide bonds. The standard InChI is InChI=1S/C20H21NO/c21-14-6-11-19-18-10-5-4-9-17(18)12-13-20(19)22-15-16-7-2-1-3-8-16/h1-5,7-10,12-13H,6,11,14-15,21H2. The van der Waals surface area contributed by atoms with Crippen LogP contribution in [0.2, 0.25) is 0 Å². The average molecular weight is 291 g/mol. The zero-order valence-electron chi connectivity index (χ0n) is 12.7. The number of nitrogens with two attached hydrogens (primary N) is 1. The summed E-state index contributed by atoms with van der Waals surface area (Å²) in [6.07, 6.45) is 1.91. The van der Waals surface area contributed by atoms with E-state index in [-0.39, 0.29) is 0 Å². The van der Waals surface area contributed by atoms with Gasteiger partial charge < -0.3 is 10.5 Å². The largest absolute Gasteiger partial charge is 0.489 e. The minimum absolute atomic E-state index is 0.592. The first-order chi connectivity index (χ1) is 10.9. The topological polar surface area (TPSA) is 35.2 Å². The van der Waals surface area contributed by atoms with E-state index in [1.54, 1.807) is 0 Å². The van der Waals surface area contributed by atoms with Gasteiger partial charge in [-0.05, 0) is 41.8 Å². The third-order valence-electron chi connectivity index (χ3n) is 3.87. The normalized spacial score (nSPS) is 10.8. The molecule has 0 aliphatic carbocycles. The van der Waals surface area contributed by atoms with Crippen molar-refractivity contribution in [1.82, 2.24) is 0 Å². The first-order valence-corrected chi connectivity index (χ1v) is 7.76. The fraction of sp³-hybridized carbons (Fsp3) is 0.200. The number of benzene rings is 3. The van der Waals surface area contributed by atoms with Crippen molar-refractivity contribution in [2.24, 2.45) is 5.73 Å². The molecule has 0 saturated carbocycles. The van der Waals surface area contributed by atoms with E-state index < -0.39 is 0 Å². The van der Waals surface area contributed by atoms with Crippen LogP contribution < -0.4 is 10.5 Å². The predicted octanol–water partition coefficient (Wildman–Crippen LogP) is 4.31. The molecule has 0 fully saturated rings. The predicted molar refractivity (Wildman–Crippen MR) is 92.1 cm³/mol. The number of rotatable bonds is 6. The number of ether oxygens (including phenoxy) is 1. The number of aryl methyl sites for hydroxylation is 1. The second kappa shape index (κ2) is 7.10. The molecule has 0 saturated heterocycles. The molecule has 2 N–H and O–H groups in total. The lowest BCUT2D eigenvalue weighted by atomic mass is 9.99. The van der Waals surface area contributed by atoms with Crippen LogP contribution in [-0.2, 0) is 13.0 Å². The fourth-order valence-electron chi connectivity index (χ4n) is 2.72.